The van der Waals surface area contributed by atoms with Crippen LogP contribution in [0.25, 0.3) is 0 Å². The maximum atomic E-state index is 11.6. The Morgan fingerprint density at radius 1 is 0.964 bits per heavy atom. The number of hydrazine groups is 1. The van der Waals surface area contributed by atoms with Gasteiger partial charge in [0, 0.05) is 18.3 Å². The Kier molecular flexibility index (Phi) is 16.8. The lowest BCUT2D eigenvalue weighted by Gasteiger charge is -2.15. The molecule has 1 amide bonds. The number of carbonyl (C=O) groups excluding carboxylic acids is 1. The van der Waals surface area contributed by atoms with Crippen LogP contribution < -0.4 is 16.9 Å². The van der Waals surface area contributed by atoms with Crippen LogP contribution in [-0.4, -0.2) is 76.4 Å². The number of rotatable bonds is 18. The average Bonchev–Trinajstić information content (AvgIpc) is 2.60. The summed E-state index contributed by atoms with van der Waals surface area (Å²) in [4.78, 5) is 11.6. The van der Waals surface area contributed by atoms with Crippen molar-refractivity contribution in [2.24, 2.45) is 17.5 Å². The summed E-state index contributed by atoms with van der Waals surface area (Å²) in [5, 5.41) is 4.20. The fourth-order valence-corrected chi connectivity index (χ4v) is 2.02. The second kappa shape index (κ2) is 17.7. The molecule has 0 saturated carbocycles. The van der Waals surface area contributed by atoms with Crippen molar-refractivity contribution in [3.05, 3.63) is 11.9 Å². The van der Waals surface area contributed by atoms with E-state index in [1.807, 2.05) is 27.7 Å². The Balaban J connectivity index is 3.51. The summed E-state index contributed by atoms with van der Waals surface area (Å²) < 4.78 is 21.6. The zero-order valence-electron chi connectivity index (χ0n) is 17.9. The molecule has 9 heteroatoms. The average molecular weight is 405 g/mol. The van der Waals surface area contributed by atoms with Crippen molar-refractivity contribution in [1.82, 2.24) is 10.3 Å². The monoisotopic (exact) mass is 404 g/mol. The van der Waals surface area contributed by atoms with Crippen LogP contribution in [-0.2, 0) is 23.7 Å². The van der Waals surface area contributed by atoms with Crippen molar-refractivity contribution >= 4 is 5.91 Å². The van der Waals surface area contributed by atoms with Crippen LogP contribution in [0, 0.1) is 5.92 Å². The summed E-state index contributed by atoms with van der Waals surface area (Å²) in [6.45, 7) is 12.4. The summed E-state index contributed by atoms with van der Waals surface area (Å²) in [5.41, 5.74) is 6.33. The molecule has 0 aromatic carbocycles. The Labute approximate surface area is 169 Å². The molecular formula is C19H40N4O5. The predicted octanol–water partition coefficient (Wildman–Crippen LogP) is 0.599. The SMILES string of the molecule is CC(C)CC(=O)NC/C(N)=C/N(N)CCOCCOCCOCCOC(C)C. The quantitative estimate of drug-likeness (QED) is 0.172. The van der Waals surface area contributed by atoms with Crippen molar-refractivity contribution in [2.75, 3.05) is 59.3 Å². The highest BCUT2D eigenvalue weighted by Crippen LogP contribution is 1.98. The third-order valence-corrected chi connectivity index (χ3v) is 3.33. The maximum Gasteiger partial charge on any atom is 0.220 e. The molecule has 0 aromatic heterocycles. The third-order valence-electron chi connectivity index (χ3n) is 3.33. The molecule has 0 bridgehead atoms. The van der Waals surface area contributed by atoms with Crippen molar-refractivity contribution < 1.29 is 23.7 Å². The number of carbonyl (C=O) groups is 1. The summed E-state index contributed by atoms with van der Waals surface area (Å²) in [7, 11) is 0. The van der Waals surface area contributed by atoms with E-state index in [4.69, 9.17) is 30.5 Å². The second-order valence-electron chi connectivity index (χ2n) is 7.07. The smallest absolute Gasteiger partial charge is 0.220 e. The van der Waals surface area contributed by atoms with Crippen molar-refractivity contribution in [2.45, 2.75) is 40.2 Å². The number of nitrogens with zero attached hydrogens (tertiary/aromatic N) is 1. The van der Waals surface area contributed by atoms with E-state index < -0.39 is 0 Å². The summed E-state index contributed by atoms with van der Waals surface area (Å²) >= 11 is 0. The highest BCUT2D eigenvalue weighted by molar-refractivity contribution is 5.76. The van der Waals surface area contributed by atoms with E-state index in [1.54, 1.807) is 6.20 Å². The van der Waals surface area contributed by atoms with Crippen LogP contribution in [0.1, 0.15) is 34.1 Å². The van der Waals surface area contributed by atoms with E-state index in [-0.39, 0.29) is 18.6 Å². The summed E-state index contributed by atoms with van der Waals surface area (Å²) in [6.07, 6.45) is 2.30. The zero-order chi connectivity index (χ0) is 21.2. The largest absolute Gasteiger partial charge is 0.399 e. The van der Waals surface area contributed by atoms with E-state index in [0.29, 0.717) is 70.8 Å². The molecule has 0 spiro atoms. The van der Waals surface area contributed by atoms with Crippen LogP contribution in [0.4, 0.5) is 0 Å². The molecule has 0 aliphatic heterocycles. The first-order valence-electron chi connectivity index (χ1n) is 9.90. The molecule has 0 radical (unpaired) electrons. The van der Waals surface area contributed by atoms with E-state index >= 15 is 0 Å². The third kappa shape index (κ3) is 19.4. The molecule has 0 fully saturated rings. The lowest BCUT2D eigenvalue weighted by Crippen LogP contribution is -2.33. The van der Waals surface area contributed by atoms with E-state index in [1.165, 1.54) is 5.01 Å². The minimum absolute atomic E-state index is 0.0208. The van der Waals surface area contributed by atoms with Crippen LogP contribution in [0.3, 0.4) is 0 Å². The Morgan fingerprint density at radius 3 is 2.04 bits per heavy atom. The molecule has 0 aliphatic rings. The van der Waals surface area contributed by atoms with E-state index in [9.17, 15) is 4.79 Å². The number of nitrogens with one attached hydrogen (secondary N) is 1. The Hall–Kier alpha value is -1.39. The highest BCUT2D eigenvalue weighted by atomic mass is 16.6. The molecule has 0 heterocycles. The lowest BCUT2D eigenvalue weighted by atomic mass is 10.1. The van der Waals surface area contributed by atoms with Gasteiger partial charge in [-0.3, -0.25) is 4.79 Å². The second-order valence-corrected chi connectivity index (χ2v) is 7.07. The van der Waals surface area contributed by atoms with Gasteiger partial charge in [0.1, 0.15) is 0 Å². The van der Waals surface area contributed by atoms with E-state index in [2.05, 4.69) is 5.32 Å². The van der Waals surface area contributed by atoms with Gasteiger partial charge in [0.25, 0.3) is 0 Å². The highest BCUT2D eigenvalue weighted by Gasteiger charge is 2.04. The maximum absolute atomic E-state index is 11.6. The fourth-order valence-electron chi connectivity index (χ4n) is 2.02. The van der Waals surface area contributed by atoms with Gasteiger partial charge < -0.3 is 35.0 Å². The van der Waals surface area contributed by atoms with Gasteiger partial charge in [-0.1, -0.05) is 13.8 Å². The number of ether oxygens (including phenoxy) is 4. The topological polar surface area (TPSA) is 121 Å². The van der Waals surface area contributed by atoms with Gasteiger partial charge in [-0.05, 0) is 19.8 Å². The van der Waals surface area contributed by atoms with Crippen molar-refractivity contribution in [3.8, 4) is 0 Å². The van der Waals surface area contributed by atoms with E-state index in [0.717, 1.165) is 0 Å². The normalized spacial score (nSPS) is 12.0. The predicted molar refractivity (Wildman–Crippen MR) is 109 cm³/mol. The van der Waals surface area contributed by atoms with Crippen molar-refractivity contribution in [3.63, 3.8) is 0 Å². The van der Waals surface area contributed by atoms with Gasteiger partial charge in [0.15, 0.2) is 0 Å². The Morgan fingerprint density at radius 2 is 1.50 bits per heavy atom. The van der Waals surface area contributed by atoms with Crippen LogP contribution >= 0.6 is 0 Å². The molecule has 0 unspecified atom stereocenters. The molecular weight excluding hydrogens is 364 g/mol. The van der Waals surface area contributed by atoms with Crippen LogP contribution in [0.15, 0.2) is 11.9 Å². The standard InChI is InChI=1S/C19H40N4O5/c1-16(2)13-19(24)22-14-18(20)15-23(21)5-6-25-7-8-26-9-10-27-11-12-28-17(3)4/h15-17H,5-14,20-21H2,1-4H3,(H,22,24)/b18-15-. The van der Waals surface area contributed by atoms with Crippen LogP contribution in [0.2, 0.25) is 0 Å². The number of nitrogens with two attached hydrogens (primary N) is 2. The first kappa shape index (κ1) is 26.6. The van der Waals surface area contributed by atoms with Gasteiger partial charge in [-0.15, -0.1) is 0 Å². The van der Waals surface area contributed by atoms with Gasteiger partial charge in [0.2, 0.25) is 5.91 Å². The minimum Gasteiger partial charge on any atom is -0.399 e. The van der Waals surface area contributed by atoms with Gasteiger partial charge in [0.05, 0.1) is 65.4 Å². The van der Waals surface area contributed by atoms with Crippen LogP contribution in [0.5, 0.6) is 0 Å². The molecule has 0 atom stereocenters. The summed E-state index contributed by atoms with van der Waals surface area (Å²) in [5.74, 6) is 6.12. The number of hydrogen-bond donors (Lipinski definition) is 3. The van der Waals surface area contributed by atoms with Crippen molar-refractivity contribution in [1.29, 1.82) is 0 Å². The zero-order valence-corrected chi connectivity index (χ0v) is 17.9. The van der Waals surface area contributed by atoms with Gasteiger partial charge in [-0.2, -0.15) is 0 Å². The molecule has 0 saturated heterocycles. The molecule has 0 rings (SSSR count). The number of hydrogen-bond acceptors (Lipinski definition) is 8. The first-order chi connectivity index (χ1) is 13.3. The molecule has 28 heavy (non-hydrogen) atoms. The molecule has 0 aromatic rings. The Bertz CT molecular complexity index is 419. The van der Waals surface area contributed by atoms with Gasteiger partial charge in [-0.25, -0.2) is 5.84 Å². The summed E-state index contributed by atoms with van der Waals surface area (Å²) in [6, 6.07) is 0. The fraction of sp³-hybridized carbons (Fsp3) is 0.842. The number of amides is 1. The molecule has 166 valence electrons. The molecule has 5 N–H and O–H groups in total. The molecule has 0 aliphatic carbocycles. The molecule has 9 nitrogen and oxygen atoms in total. The van der Waals surface area contributed by atoms with Gasteiger partial charge >= 0.3 is 0 Å². The first-order valence-corrected chi connectivity index (χ1v) is 9.90. The minimum atomic E-state index is -0.0208. The lowest BCUT2D eigenvalue weighted by molar-refractivity contribution is -0.121.